The Labute approximate surface area is 202 Å². The zero-order valence-electron chi connectivity index (χ0n) is 20.4. The Bertz CT molecular complexity index is 1180. The first-order chi connectivity index (χ1) is 16.4. The summed E-state index contributed by atoms with van der Waals surface area (Å²) in [5, 5.41) is 3.34. The Hall–Kier alpha value is -2.45. The molecule has 0 bridgehead atoms. The van der Waals surface area contributed by atoms with Gasteiger partial charge in [-0.3, -0.25) is 9.59 Å². The number of nitrogens with one attached hydrogen (secondary N) is 2. The first-order valence-electron chi connectivity index (χ1n) is 12.5. The van der Waals surface area contributed by atoms with E-state index in [0.29, 0.717) is 30.5 Å². The molecule has 0 spiro atoms. The largest absolute Gasteiger partial charge is 0.352 e. The number of H-pyrrole nitrogens is 1. The molecule has 8 heteroatoms. The van der Waals surface area contributed by atoms with E-state index in [0.717, 1.165) is 44.9 Å². The Morgan fingerprint density at radius 1 is 1.09 bits per heavy atom. The minimum Gasteiger partial charge on any atom is -0.352 e. The highest BCUT2D eigenvalue weighted by molar-refractivity contribution is 7.89. The molecule has 7 nitrogen and oxygen atoms in total. The maximum Gasteiger partial charge on any atom is 0.252 e. The summed E-state index contributed by atoms with van der Waals surface area (Å²) >= 11 is 0. The maximum atomic E-state index is 13.4. The van der Waals surface area contributed by atoms with Crippen molar-refractivity contribution in [2.75, 3.05) is 19.6 Å². The van der Waals surface area contributed by atoms with Gasteiger partial charge < -0.3 is 10.3 Å². The van der Waals surface area contributed by atoms with Crippen LogP contribution in [0, 0.1) is 0 Å². The summed E-state index contributed by atoms with van der Waals surface area (Å²) in [6.45, 7) is 5.48. The number of benzene rings is 1. The number of carbonyl (C=O) groups is 1. The lowest BCUT2D eigenvalue weighted by Crippen LogP contribution is -2.33. The smallest absolute Gasteiger partial charge is 0.252 e. The molecule has 2 aromatic rings. The van der Waals surface area contributed by atoms with E-state index in [9.17, 15) is 18.0 Å². The molecule has 0 fully saturated rings. The van der Waals surface area contributed by atoms with Crippen molar-refractivity contribution < 1.29 is 13.2 Å². The van der Waals surface area contributed by atoms with Crippen LogP contribution in [0.5, 0.6) is 0 Å². The number of pyridine rings is 1. The van der Waals surface area contributed by atoms with Crippen molar-refractivity contribution >= 4 is 26.8 Å². The van der Waals surface area contributed by atoms with Crippen LogP contribution in [-0.4, -0.2) is 43.2 Å². The molecule has 1 aliphatic rings. The molecule has 0 radical (unpaired) electrons. The molecule has 34 heavy (non-hydrogen) atoms. The zero-order valence-corrected chi connectivity index (χ0v) is 21.2. The lowest BCUT2D eigenvalue weighted by Gasteiger charge is -2.22. The molecule has 1 heterocycles. The van der Waals surface area contributed by atoms with Gasteiger partial charge in [-0.25, -0.2) is 8.42 Å². The van der Waals surface area contributed by atoms with E-state index < -0.39 is 15.6 Å². The van der Waals surface area contributed by atoms with Crippen LogP contribution >= 0.6 is 0 Å². The second kappa shape index (κ2) is 12.3. The number of rotatable bonds is 12. The maximum absolute atomic E-state index is 13.4. The molecule has 3 rings (SSSR count). The van der Waals surface area contributed by atoms with Crippen molar-refractivity contribution in [2.45, 2.75) is 76.5 Å². The van der Waals surface area contributed by atoms with Gasteiger partial charge in [-0.1, -0.05) is 38.3 Å². The third kappa shape index (κ3) is 6.57. The molecule has 1 aromatic carbocycles. The van der Waals surface area contributed by atoms with E-state index in [-0.39, 0.29) is 16.4 Å². The Kier molecular flexibility index (Phi) is 9.47. The lowest BCUT2D eigenvalue weighted by atomic mass is 9.97. The summed E-state index contributed by atoms with van der Waals surface area (Å²) in [6.07, 6.45) is 11.0. The standard InChI is InChI=1S/C26H37N3O4S/c1-3-5-16-29(17-6-4-2)34(32,33)21-12-13-24-22(18-21)23(19-25(30)28-24)26(31)27-15-14-20-10-8-7-9-11-20/h10,12-13,18-19H,3-9,11,14-17H2,1-2H3,(H,27,31)(H,28,30). The molecule has 186 valence electrons. The number of aromatic amines is 1. The van der Waals surface area contributed by atoms with Gasteiger partial charge in [-0.05, 0) is 63.1 Å². The lowest BCUT2D eigenvalue weighted by molar-refractivity contribution is 0.0955. The van der Waals surface area contributed by atoms with Crippen LogP contribution in [0.3, 0.4) is 0 Å². The van der Waals surface area contributed by atoms with Crippen LogP contribution in [0.1, 0.15) is 82.0 Å². The molecule has 0 saturated carbocycles. The highest BCUT2D eigenvalue weighted by atomic mass is 32.2. The Morgan fingerprint density at radius 2 is 1.82 bits per heavy atom. The number of hydrogen-bond donors (Lipinski definition) is 2. The second-order valence-corrected chi connectivity index (χ2v) is 10.9. The number of aromatic nitrogens is 1. The average molecular weight is 488 g/mol. The van der Waals surface area contributed by atoms with E-state index >= 15 is 0 Å². The van der Waals surface area contributed by atoms with E-state index in [2.05, 4.69) is 16.4 Å². The summed E-state index contributed by atoms with van der Waals surface area (Å²) in [5.74, 6) is -0.365. The predicted octanol–water partition coefficient (Wildman–Crippen LogP) is 4.74. The van der Waals surface area contributed by atoms with Gasteiger partial charge >= 0.3 is 0 Å². The molecule has 0 aliphatic heterocycles. The van der Waals surface area contributed by atoms with Gasteiger partial charge in [0.1, 0.15) is 0 Å². The summed E-state index contributed by atoms with van der Waals surface area (Å²) in [4.78, 5) is 28.0. The number of fused-ring (bicyclic) bond motifs is 1. The van der Waals surface area contributed by atoms with Crippen LogP contribution in [0.4, 0.5) is 0 Å². The number of unbranched alkanes of at least 4 members (excludes halogenated alkanes) is 2. The van der Waals surface area contributed by atoms with Crippen molar-refractivity contribution in [1.82, 2.24) is 14.6 Å². The number of carbonyl (C=O) groups excluding carboxylic acids is 1. The summed E-state index contributed by atoms with van der Waals surface area (Å²) < 4.78 is 28.4. The predicted molar refractivity (Wildman–Crippen MR) is 137 cm³/mol. The van der Waals surface area contributed by atoms with Gasteiger partial charge in [0.15, 0.2) is 0 Å². The molecule has 1 aliphatic carbocycles. The van der Waals surface area contributed by atoms with E-state index in [1.54, 1.807) is 6.07 Å². The average Bonchev–Trinajstić information content (AvgIpc) is 2.83. The van der Waals surface area contributed by atoms with E-state index in [1.165, 1.54) is 40.9 Å². The minimum absolute atomic E-state index is 0.140. The SMILES string of the molecule is CCCCN(CCCC)S(=O)(=O)c1ccc2[nH]c(=O)cc(C(=O)NCCC3=CCCCC3)c2c1. The molecular weight excluding hydrogens is 450 g/mol. The van der Waals surface area contributed by atoms with E-state index in [1.807, 2.05) is 13.8 Å². The third-order valence-electron chi connectivity index (χ3n) is 6.34. The molecular formula is C26H37N3O4S. The topological polar surface area (TPSA) is 99.3 Å². The van der Waals surface area contributed by atoms with Gasteiger partial charge in [0.05, 0.1) is 10.5 Å². The van der Waals surface area contributed by atoms with Crippen molar-refractivity contribution in [3.63, 3.8) is 0 Å². The first-order valence-corrected chi connectivity index (χ1v) is 13.9. The minimum atomic E-state index is -3.72. The van der Waals surface area contributed by atoms with Crippen LogP contribution in [0.25, 0.3) is 10.9 Å². The van der Waals surface area contributed by atoms with Gasteiger partial charge in [-0.15, -0.1) is 0 Å². The fourth-order valence-corrected chi connectivity index (χ4v) is 5.86. The van der Waals surface area contributed by atoms with Crippen molar-refractivity contribution in [3.05, 3.63) is 51.8 Å². The normalized spacial score (nSPS) is 14.4. The fourth-order valence-electron chi connectivity index (χ4n) is 4.31. The molecule has 1 amide bonds. The van der Waals surface area contributed by atoms with Crippen molar-refractivity contribution in [3.8, 4) is 0 Å². The fraction of sp³-hybridized carbons (Fsp3) is 0.538. The molecule has 0 unspecified atom stereocenters. The summed E-state index contributed by atoms with van der Waals surface area (Å²) in [6, 6.07) is 5.85. The number of hydrogen-bond acceptors (Lipinski definition) is 4. The first kappa shape index (κ1) is 26.2. The van der Waals surface area contributed by atoms with Gasteiger partial charge in [0.2, 0.25) is 15.6 Å². The quantitative estimate of drug-likeness (QED) is 0.422. The van der Waals surface area contributed by atoms with Gasteiger partial charge in [-0.2, -0.15) is 4.31 Å². The highest BCUT2D eigenvalue weighted by Gasteiger charge is 2.25. The summed E-state index contributed by atoms with van der Waals surface area (Å²) in [7, 11) is -3.72. The molecule has 1 aromatic heterocycles. The second-order valence-electron chi connectivity index (χ2n) is 8.98. The molecule has 0 atom stereocenters. The van der Waals surface area contributed by atoms with E-state index in [4.69, 9.17) is 0 Å². The number of amides is 1. The van der Waals surface area contributed by atoms with Gasteiger partial charge in [0.25, 0.3) is 5.91 Å². The van der Waals surface area contributed by atoms with Crippen molar-refractivity contribution in [1.29, 1.82) is 0 Å². The summed E-state index contributed by atoms with van der Waals surface area (Å²) in [5.41, 5.74) is 1.60. The Morgan fingerprint density at radius 3 is 2.47 bits per heavy atom. The van der Waals surface area contributed by atoms with Crippen molar-refractivity contribution in [2.24, 2.45) is 0 Å². The monoisotopic (exact) mass is 487 g/mol. The van der Waals surface area contributed by atoms with Crippen LogP contribution in [0.15, 0.2) is 45.6 Å². The zero-order chi connectivity index (χ0) is 24.6. The molecule has 0 saturated heterocycles. The van der Waals surface area contributed by atoms with Crippen LogP contribution in [0.2, 0.25) is 0 Å². The highest BCUT2D eigenvalue weighted by Crippen LogP contribution is 2.24. The number of allylic oxidation sites excluding steroid dienone is 1. The number of nitrogens with zero attached hydrogens (tertiary/aromatic N) is 1. The Balaban J connectivity index is 1.88. The van der Waals surface area contributed by atoms with Crippen LogP contribution in [-0.2, 0) is 10.0 Å². The third-order valence-corrected chi connectivity index (χ3v) is 8.23. The van der Waals surface area contributed by atoms with Crippen LogP contribution < -0.4 is 10.9 Å². The number of sulfonamides is 1. The molecule has 2 N–H and O–H groups in total. The van der Waals surface area contributed by atoms with Gasteiger partial charge in [0, 0.05) is 36.6 Å².